The lowest BCUT2D eigenvalue weighted by atomic mass is 10.2. The first-order valence-electron chi connectivity index (χ1n) is 15.0. The van der Waals surface area contributed by atoms with Gasteiger partial charge in [-0.2, -0.15) is 0 Å². The Hall–Kier alpha value is -3.28. The van der Waals surface area contributed by atoms with Gasteiger partial charge in [-0.05, 0) is 76.8 Å². The quantitative estimate of drug-likeness (QED) is 0.149. The minimum Gasteiger partial charge on any atom is -0.376 e. The maximum Gasteiger partial charge on any atom is 0.242 e. The van der Waals surface area contributed by atoms with E-state index in [1.807, 2.05) is 49.2 Å². The van der Waals surface area contributed by atoms with Crippen LogP contribution in [0.4, 0.5) is 5.69 Å². The third-order valence-corrected chi connectivity index (χ3v) is 9.25. The highest BCUT2D eigenvalue weighted by Crippen LogP contribution is 2.42. The number of H-pyrrole nitrogens is 2. The molecule has 1 aliphatic heterocycles. The number of anilines is 1. The number of nitrogens with two attached hydrogens (primary N) is 1. The van der Waals surface area contributed by atoms with Crippen molar-refractivity contribution in [3.63, 3.8) is 0 Å². The fraction of sp³-hybridized carbons (Fsp3) is 0.633. The summed E-state index contributed by atoms with van der Waals surface area (Å²) in [6, 6.07) is 10.2. The van der Waals surface area contributed by atoms with Crippen LogP contribution in [0.3, 0.4) is 0 Å². The Balaban J connectivity index is 0.000000241. The summed E-state index contributed by atoms with van der Waals surface area (Å²) >= 11 is 0. The molecule has 4 atom stereocenters. The van der Waals surface area contributed by atoms with E-state index in [1.54, 1.807) is 4.80 Å². The normalized spacial score (nSPS) is 21.9. The number of rotatable bonds is 11. The average Bonchev–Trinajstić information content (AvgIpc) is 3.92. The van der Waals surface area contributed by atoms with Crippen molar-refractivity contribution in [1.29, 1.82) is 0 Å². The summed E-state index contributed by atoms with van der Waals surface area (Å²) in [5, 5.41) is 8.51. The number of aryl methyl sites for hydroxylation is 1. The lowest BCUT2D eigenvalue weighted by Gasteiger charge is -2.21. The molecule has 1 saturated heterocycles. The second-order valence-electron chi connectivity index (χ2n) is 11.3. The van der Waals surface area contributed by atoms with Crippen LogP contribution >= 0.6 is 0 Å². The summed E-state index contributed by atoms with van der Waals surface area (Å²) in [6.07, 6.45) is 14.6. The Morgan fingerprint density at radius 2 is 1.83 bits per heavy atom. The lowest BCUT2D eigenvalue weighted by Crippen LogP contribution is -2.37. The molecule has 3 amide bonds. The summed E-state index contributed by atoms with van der Waals surface area (Å²) in [5.74, 6) is 0.628. The van der Waals surface area contributed by atoms with Gasteiger partial charge in [0.15, 0.2) is 0 Å². The number of nitrogens with one attached hydrogen (secondary N) is 4. The van der Waals surface area contributed by atoms with E-state index in [1.165, 1.54) is 19.3 Å². The first-order valence-corrected chi connectivity index (χ1v) is 16.2. The number of amides is 3. The summed E-state index contributed by atoms with van der Waals surface area (Å²) in [7, 11) is 0.703. The maximum atomic E-state index is 11.9. The van der Waals surface area contributed by atoms with Crippen molar-refractivity contribution >= 4 is 34.9 Å². The van der Waals surface area contributed by atoms with Gasteiger partial charge in [-0.25, -0.2) is 19.4 Å². The van der Waals surface area contributed by atoms with Crippen LogP contribution in [-0.2, 0) is 32.4 Å². The molecule has 2 aliphatic carbocycles. The van der Waals surface area contributed by atoms with E-state index in [-0.39, 0.29) is 28.9 Å². The minimum absolute atomic E-state index is 0.0188. The Morgan fingerprint density at radius 1 is 1.19 bits per heavy atom. The van der Waals surface area contributed by atoms with Crippen molar-refractivity contribution in [2.24, 2.45) is 24.6 Å². The van der Waals surface area contributed by atoms with Crippen LogP contribution in [0.5, 0.6) is 0 Å². The standard InChI is InChI=1S/C15H25NO2S.C13H18N2O.CH5N3.CH3NO/c1-3-4-5-6-7-8-12-11-13(12)14(17)16-19(18)15(2)9-10-15;1-11-6-5-9-15(11)13(16)10-14-12-7-3-2-4-8-12;1-4-2-3-4;2-1-3/h7-8,12-13H,3-6,9-11H2,1-2H3,(H,16,17);2-4,7-8,11,14H,5-6,9-10H2,1H3;2-3H,1H3;1H,(H2,2,3)/b8-7-;;;/t12-,13?,19?;;;/m1.../s1. The van der Waals surface area contributed by atoms with Gasteiger partial charge < -0.3 is 16.0 Å². The van der Waals surface area contributed by atoms with Gasteiger partial charge in [0.25, 0.3) is 0 Å². The summed E-state index contributed by atoms with van der Waals surface area (Å²) in [6.45, 7) is 7.60. The van der Waals surface area contributed by atoms with E-state index in [0.29, 0.717) is 18.5 Å². The van der Waals surface area contributed by atoms with Gasteiger partial charge in [-0.3, -0.25) is 19.1 Å². The Morgan fingerprint density at radius 3 is 2.36 bits per heavy atom. The van der Waals surface area contributed by atoms with E-state index >= 15 is 0 Å². The molecular weight excluding hydrogens is 554 g/mol. The second-order valence-corrected chi connectivity index (χ2v) is 13.1. The van der Waals surface area contributed by atoms with Crippen molar-refractivity contribution in [1.82, 2.24) is 24.8 Å². The summed E-state index contributed by atoms with van der Waals surface area (Å²) < 4.78 is 14.4. The fourth-order valence-corrected chi connectivity index (χ4v) is 5.41. The van der Waals surface area contributed by atoms with Crippen LogP contribution in [-0.4, -0.2) is 66.4 Å². The van der Waals surface area contributed by atoms with E-state index in [0.717, 1.165) is 50.8 Å². The van der Waals surface area contributed by atoms with Crippen LogP contribution in [0.15, 0.2) is 42.5 Å². The molecule has 42 heavy (non-hydrogen) atoms. The number of nitrogens with zero attached hydrogens (tertiary/aromatic N) is 2. The molecule has 3 fully saturated rings. The molecule has 2 aromatic rings. The zero-order chi connectivity index (χ0) is 31.0. The highest BCUT2D eigenvalue weighted by molar-refractivity contribution is 7.85. The number of allylic oxidation sites excluding steroid dienone is 2. The lowest BCUT2D eigenvalue weighted by molar-refractivity contribution is -0.129. The number of para-hydroxylation sites is 1. The molecule has 3 unspecified atom stereocenters. The maximum absolute atomic E-state index is 11.9. The second kappa shape index (κ2) is 18.3. The summed E-state index contributed by atoms with van der Waals surface area (Å²) in [5.41, 5.74) is 5.17. The number of hydrogen-bond acceptors (Lipinski definition) is 5. The number of benzene rings is 1. The molecule has 2 heterocycles. The smallest absolute Gasteiger partial charge is 0.242 e. The predicted molar refractivity (Wildman–Crippen MR) is 169 cm³/mol. The Bertz CT molecular complexity index is 1100. The van der Waals surface area contributed by atoms with Gasteiger partial charge in [-0.1, -0.05) is 50.1 Å². The van der Waals surface area contributed by atoms with Crippen molar-refractivity contribution in [2.45, 2.75) is 89.3 Å². The highest BCUT2D eigenvalue weighted by atomic mass is 32.2. The number of aromatic amines is 2. The molecular formula is C30H51N7O4S. The van der Waals surface area contributed by atoms with Crippen molar-refractivity contribution in [3.05, 3.63) is 42.5 Å². The van der Waals surface area contributed by atoms with Crippen molar-refractivity contribution in [3.8, 4) is 0 Å². The van der Waals surface area contributed by atoms with Crippen LogP contribution in [0, 0.1) is 11.8 Å². The van der Waals surface area contributed by atoms with Crippen molar-refractivity contribution in [2.75, 3.05) is 18.4 Å². The fourth-order valence-electron chi connectivity index (χ4n) is 4.35. The largest absolute Gasteiger partial charge is 0.376 e. The average molecular weight is 606 g/mol. The van der Waals surface area contributed by atoms with Gasteiger partial charge >= 0.3 is 0 Å². The zero-order valence-corrected chi connectivity index (χ0v) is 26.5. The molecule has 1 aromatic heterocycles. The first kappa shape index (κ1) is 34.9. The first-order chi connectivity index (χ1) is 20.1. The SMILES string of the molecule is CC1CCCN1C(=O)CNc1ccccc1.CCCCC/C=C\[C@@H]1CC1C(=O)NS(=O)C1(C)CC1.Cn1[nH][nH]1.NC=O. The molecule has 11 nitrogen and oxygen atoms in total. The zero-order valence-electron chi connectivity index (χ0n) is 25.6. The monoisotopic (exact) mass is 605 g/mol. The van der Waals surface area contributed by atoms with Gasteiger partial charge in [0.05, 0.1) is 11.3 Å². The molecule has 1 aromatic carbocycles. The molecule has 5 rings (SSSR count). The van der Waals surface area contributed by atoms with Crippen molar-refractivity contribution < 1.29 is 18.6 Å². The molecule has 236 valence electrons. The number of hydrogen-bond donors (Lipinski definition) is 5. The highest BCUT2D eigenvalue weighted by Gasteiger charge is 2.47. The van der Waals surface area contributed by atoms with E-state index < -0.39 is 11.0 Å². The van der Waals surface area contributed by atoms with Crippen LogP contribution in [0.2, 0.25) is 0 Å². The third kappa shape index (κ3) is 13.6. The molecule has 12 heteroatoms. The van der Waals surface area contributed by atoms with Crippen LogP contribution < -0.4 is 15.8 Å². The van der Waals surface area contributed by atoms with Crippen LogP contribution in [0.25, 0.3) is 0 Å². The van der Waals surface area contributed by atoms with Crippen LogP contribution in [0.1, 0.15) is 78.6 Å². The predicted octanol–water partition coefficient (Wildman–Crippen LogP) is 3.98. The summed E-state index contributed by atoms with van der Waals surface area (Å²) in [4.78, 5) is 36.1. The molecule has 3 aliphatic rings. The topological polar surface area (TPSA) is 158 Å². The minimum atomic E-state index is -1.19. The van der Waals surface area contributed by atoms with Gasteiger partial charge in [0.1, 0.15) is 11.0 Å². The molecule has 2 saturated carbocycles. The number of primary amides is 1. The third-order valence-electron chi connectivity index (χ3n) is 7.56. The van der Waals surface area contributed by atoms with E-state index in [2.05, 4.69) is 52.2 Å². The van der Waals surface area contributed by atoms with E-state index in [4.69, 9.17) is 4.79 Å². The molecule has 6 N–H and O–H groups in total. The Labute approximate surface area is 252 Å². The van der Waals surface area contributed by atoms with Gasteiger partial charge in [0.2, 0.25) is 18.2 Å². The molecule has 0 spiro atoms. The Kier molecular flexibility index (Phi) is 15.2. The van der Waals surface area contributed by atoms with Gasteiger partial charge in [0, 0.05) is 31.2 Å². The number of carbonyl (C=O) groups is 3. The van der Waals surface area contributed by atoms with Gasteiger partial charge in [-0.15, -0.1) is 0 Å². The number of unbranched alkanes of at least 4 members (excludes halogenated alkanes) is 3. The molecule has 0 bridgehead atoms. The number of aromatic nitrogens is 3. The van der Waals surface area contributed by atoms with E-state index in [9.17, 15) is 13.8 Å². The number of likely N-dealkylation sites (tertiary alicyclic amines) is 1. The number of carbonyl (C=O) groups excluding carboxylic acids is 3. The molecule has 0 radical (unpaired) electrons.